The molecular weight excluding hydrogens is 358 g/mol. The molecule has 0 amide bonds. The molecule has 0 fully saturated rings. The highest BCUT2D eigenvalue weighted by atomic mass is 32.2. The van der Waals surface area contributed by atoms with E-state index in [4.69, 9.17) is 9.47 Å². The molecule has 5 nitrogen and oxygen atoms in total. The molecule has 1 heterocycles. The largest absolute Gasteiger partial charge is 0.490 e. The van der Waals surface area contributed by atoms with E-state index in [1.807, 2.05) is 45.9 Å². The molecule has 0 saturated carbocycles. The van der Waals surface area contributed by atoms with Crippen LogP contribution in [0.15, 0.2) is 39.9 Å². The van der Waals surface area contributed by atoms with Gasteiger partial charge in [0.2, 0.25) is 0 Å². The monoisotopic (exact) mass is 383 g/mol. The SMILES string of the molecule is CCOc1ccc(C(NS(=O)(=O)c2cccs2)C(C)C)cc1OCC. The van der Waals surface area contributed by atoms with Crippen LogP contribution >= 0.6 is 11.3 Å². The van der Waals surface area contributed by atoms with Gasteiger partial charge in [0.1, 0.15) is 4.21 Å². The Morgan fingerprint density at radius 1 is 1.08 bits per heavy atom. The maximum Gasteiger partial charge on any atom is 0.250 e. The number of hydrogen-bond acceptors (Lipinski definition) is 5. The van der Waals surface area contributed by atoms with Crippen molar-refractivity contribution in [3.8, 4) is 11.5 Å². The first-order valence-electron chi connectivity index (χ1n) is 8.34. The normalized spacial score (nSPS) is 13.0. The van der Waals surface area contributed by atoms with Gasteiger partial charge in [0.05, 0.1) is 13.2 Å². The topological polar surface area (TPSA) is 64.6 Å². The lowest BCUT2D eigenvalue weighted by Crippen LogP contribution is -2.31. The highest BCUT2D eigenvalue weighted by Gasteiger charge is 2.25. The summed E-state index contributed by atoms with van der Waals surface area (Å²) in [6.45, 7) is 8.84. The molecule has 0 spiro atoms. The Hall–Kier alpha value is -1.57. The van der Waals surface area contributed by atoms with Gasteiger partial charge in [-0.3, -0.25) is 0 Å². The molecule has 1 atom stereocenters. The summed E-state index contributed by atoms with van der Waals surface area (Å²) >= 11 is 1.20. The van der Waals surface area contributed by atoms with Crippen molar-refractivity contribution in [1.82, 2.24) is 4.72 Å². The van der Waals surface area contributed by atoms with Gasteiger partial charge >= 0.3 is 0 Å². The molecule has 0 aliphatic carbocycles. The van der Waals surface area contributed by atoms with Gasteiger partial charge in [-0.15, -0.1) is 11.3 Å². The molecule has 2 rings (SSSR count). The highest BCUT2D eigenvalue weighted by molar-refractivity contribution is 7.91. The summed E-state index contributed by atoms with van der Waals surface area (Å²) in [5.41, 5.74) is 0.849. The van der Waals surface area contributed by atoms with Crippen LogP contribution in [-0.2, 0) is 10.0 Å². The van der Waals surface area contributed by atoms with Crippen molar-refractivity contribution in [1.29, 1.82) is 0 Å². The minimum atomic E-state index is -3.56. The third kappa shape index (κ3) is 4.96. The standard InChI is InChI=1S/C18H25NO4S2/c1-5-22-15-10-9-14(12-16(15)23-6-2)18(13(3)4)19-25(20,21)17-8-7-11-24-17/h7-13,18-19H,5-6H2,1-4H3. The summed E-state index contributed by atoms with van der Waals surface area (Å²) in [6.07, 6.45) is 0. The average molecular weight is 384 g/mol. The summed E-state index contributed by atoms with van der Waals surface area (Å²) in [4.78, 5) is 0. The quantitative estimate of drug-likeness (QED) is 0.704. The van der Waals surface area contributed by atoms with Crippen LogP contribution in [0.3, 0.4) is 0 Å². The van der Waals surface area contributed by atoms with Crippen LogP contribution in [0.2, 0.25) is 0 Å². The fraction of sp³-hybridized carbons (Fsp3) is 0.444. The predicted octanol–water partition coefficient (Wildman–Crippen LogP) is 4.22. The van der Waals surface area contributed by atoms with Crippen LogP contribution in [-0.4, -0.2) is 21.6 Å². The molecular formula is C18H25NO4S2. The van der Waals surface area contributed by atoms with Crippen molar-refractivity contribution < 1.29 is 17.9 Å². The Balaban J connectivity index is 2.35. The van der Waals surface area contributed by atoms with E-state index in [0.29, 0.717) is 28.9 Å². The van der Waals surface area contributed by atoms with Gasteiger partial charge in [-0.2, -0.15) is 0 Å². The molecule has 0 radical (unpaired) electrons. The first-order valence-corrected chi connectivity index (χ1v) is 10.7. The van der Waals surface area contributed by atoms with Crippen molar-refractivity contribution >= 4 is 21.4 Å². The van der Waals surface area contributed by atoms with Crippen molar-refractivity contribution in [2.45, 2.75) is 37.9 Å². The number of rotatable bonds is 9. The van der Waals surface area contributed by atoms with Gasteiger partial charge < -0.3 is 9.47 Å². The van der Waals surface area contributed by atoms with E-state index in [9.17, 15) is 8.42 Å². The Bertz CT molecular complexity index is 770. The van der Waals surface area contributed by atoms with Gasteiger partial charge in [-0.25, -0.2) is 13.1 Å². The Morgan fingerprint density at radius 2 is 1.76 bits per heavy atom. The number of nitrogens with one attached hydrogen (secondary N) is 1. The van der Waals surface area contributed by atoms with E-state index in [-0.39, 0.29) is 12.0 Å². The van der Waals surface area contributed by atoms with Gasteiger partial charge in [-0.05, 0) is 48.9 Å². The minimum Gasteiger partial charge on any atom is -0.490 e. The molecule has 1 aromatic heterocycles. The van der Waals surface area contributed by atoms with Gasteiger partial charge in [0.15, 0.2) is 11.5 Å². The summed E-state index contributed by atoms with van der Waals surface area (Å²) in [7, 11) is -3.56. The summed E-state index contributed by atoms with van der Waals surface area (Å²) < 4.78 is 39.6. The molecule has 0 bridgehead atoms. The van der Waals surface area contributed by atoms with Gasteiger partial charge in [0, 0.05) is 6.04 Å². The Labute approximate surface area is 154 Å². The van der Waals surface area contributed by atoms with Crippen molar-refractivity contribution in [3.05, 3.63) is 41.3 Å². The van der Waals surface area contributed by atoms with E-state index in [0.717, 1.165) is 5.56 Å². The Morgan fingerprint density at radius 3 is 2.32 bits per heavy atom. The van der Waals surface area contributed by atoms with Crippen molar-refractivity contribution in [2.75, 3.05) is 13.2 Å². The molecule has 1 aromatic carbocycles. The fourth-order valence-corrected chi connectivity index (χ4v) is 4.87. The zero-order valence-electron chi connectivity index (χ0n) is 15.0. The second-order valence-corrected chi connectivity index (χ2v) is 8.74. The van der Waals surface area contributed by atoms with Crippen LogP contribution in [0.5, 0.6) is 11.5 Å². The van der Waals surface area contributed by atoms with Crippen LogP contribution in [0.4, 0.5) is 0 Å². The van der Waals surface area contributed by atoms with E-state index < -0.39 is 10.0 Å². The fourth-order valence-electron chi connectivity index (χ4n) is 2.49. The number of ether oxygens (including phenoxy) is 2. The van der Waals surface area contributed by atoms with Crippen LogP contribution < -0.4 is 14.2 Å². The molecule has 138 valence electrons. The van der Waals surface area contributed by atoms with Gasteiger partial charge in [0.25, 0.3) is 10.0 Å². The molecule has 25 heavy (non-hydrogen) atoms. The number of thiophene rings is 1. The third-order valence-corrected chi connectivity index (χ3v) is 6.47. The number of benzene rings is 1. The zero-order valence-corrected chi connectivity index (χ0v) is 16.6. The molecule has 0 saturated heterocycles. The molecule has 1 N–H and O–H groups in total. The summed E-state index contributed by atoms with van der Waals surface area (Å²) in [6, 6.07) is 8.55. The maximum atomic E-state index is 12.6. The van der Waals surface area contributed by atoms with Gasteiger partial charge in [-0.1, -0.05) is 26.0 Å². The van der Waals surface area contributed by atoms with Crippen molar-refractivity contribution in [2.24, 2.45) is 5.92 Å². The molecule has 2 aromatic rings. The van der Waals surface area contributed by atoms with E-state index in [1.165, 1.54) is 11.3 Å². The second kappa shape index (κ2) is 8.69. The first kappa shape index (κ1) is 19.8. The second-order valence-electron chi connectivity index (χ2n) is 5.85. The number of hydrogen-bond donors (Lipinski definition) is 1. The minimum absolute atomic E-state index is 0.0714. The smallest absolute Gasteiger partial charge is 0.250 e. The van der Waals surface area contributed by atoms with E-state index >= 15 is 0 Å². The first-order chi connectivity index (χ1) is 11.9. The lowest BCUT2D eigenvalue weighted by atomic mass is 9.97. The Kier molecular flexibility index (Phi) is 6.87. The summed E-state index contributed by atoms with van der Waals surface area (Å²) in [5, 5.41) is 1.75. The molecule has 0 aliphatic rings. The predicted molar refractivity (Wildman–Crippen MR) is 101 cm³/mol. The van der Waals surface area contributed by atoms with Crippen molar-refractivity contribution in [3.63, 3.8) is 0 Å². The lowest BCUT2D eigenvalue weighted by Gasteiger charge is -2.23. The molecule has 7 heteroatoms. The maximum absolute atomic E-state index is 12.6. The van der Waals surface area contributed by atoms with E-state index in [2.05, 4.69) is 4.72 Å². The molecule has 0 aliphatic heterocycles. The zero-order chi connectivity index (χ0) is 18.4. The highest BCUT2D eigenvalue weighted by Crippen LogP contribution is 2.34. The van der Waals surface area contributed by atoms with E-state index in [1.54, 1.807) is 17.5 Å². The third-order valence-electron chi connectivity index (χ3n) is 3.64. The molecule has 1 unspecified atom stereocenters. The number of sulfonamides is 1. The van der Waals surface area contributed by atoms with Crippen LogP contribution in [0.25, 0.3) is 0 Å². The lowest BCUT2D eigenvalue weighted by molar-refractivity contribution is 0.287. The average Bonchev–Trinajstić information content (AvgIpc) is 3.10. The van der Waals surface area contributed by atoms with Crippen LogP contribution in [0.1, 0.15) is 39.3 Å². The summed E-state index contributed by atoms with van der Waals surface area (Å²) in [5.74, 6) is 1.36. The van der Waals surface area contributed by atoms with Crippen LogP contribution in [0, 0.1) is 5.92 Å².